The predicted molar refractivity (Wildman–Crippen MR) is 113 cm³/mol. The summed E-state index contributed by atoms with van der Waals surface area (Å²) in [7, 11) is 0. The molecule has 1 atom stereocenters. The third-order valence-electron chi connectivity index (χ3n) is 4.13. The summed E-state index contributed by atoms with van der Waals surface area (Å²) >= 11 is 2.89. The lowest BCUT2D eigenvalue weighted by molar-refractivity contribution is -0.153. The minimum Gasteiger partial charge on any atom is -0.451 e. The Morgan fingerprint density at radius 3 is 2.73 bits per heavy atom. The van der Waals surface area contributed by atoms with Crippen LogP contribution < -0.4 is 10.9 Å². The maximum absolute atomic E-state index is 12.9. The Hall–Kier alpha value is -3.44. The second-order valence-electron chi connectivity index (χ2n) is 6.18. The second kappa shape index (κ2) is 8.51. The van der Waals surface area contributed by atoms with Gasteiger partial charge in [-0.2, -0.15) is 0 Å². The van der Waals surface area contributed by atoms with Crippen molar-refractivity contribution < 1.29 is 14.3 Å². The largest absolute Gasteiger partial charge is 0.451 e. The van der Waals surface area contributed by atoms with E-state index in [2.05, 4.69) is 20.3 Å². The van der Waals surface area contributed by atoms with Crippen molar-refractivity contribution in [2.75, 3.05) is 5.32 Å². The Kier molecular flexibility index (Phi) is 5.63. The summed E-state index contributed by atoms with van der Waals surface area (Å²) in [5.41, 5.74) is 0.456. The van der Waals surface area contributed by atoms with Gasteiger partial charge in [-0.1, -0.05) is 6.07 Å². The summed E-state index contributed by atoms with van der Waals surface area (Å²) in [4.78, 5) is 51.0. The minimum absolute atomic E-state index is 0.106. The van der Waals surface area contributed by atoms with Gasteiger partial charge in [0, 0.05) is 28.2 Å². The molecule has 0 aliphatic heterocycles. The zero-order valence-corrected chi connectivity index (χ0v) is 17.3. The molecule has 4 aromatic heterocycles. The van der Waals surface area contributed by atoms with Gasteiger partial charge in [0.05, 0.1) is 11.7 Å². The van der Waals surface area contributed by atoms with Gasteiger partial charge in [-0.05, 0) is 24.4 Å². The number of ether oxygens (including phenoxy) is 1. The maximum Gasteiger partial charge on any atom is 0.326 e. The third kappa shape index (κ3) is 4.11. The van der Waals surface area contributed by atoms with E-state index in [-0.39, 0.29) is 18.1 Å². The number of thiophene rings is 2. The van der Waals surface area contributed by atoms with E-state index in [0.29, 0.717) is 10.2 Å². The first-order valence-corrected chi connectivity index (χ1v) is 10.6. The molecule has 30 heavy (non-hydrogen) atoms. The molecule has 0 aliphatic carbocycles. The van der Waals surface area contributed by atoms with Gasteiger partial charge in [0.2, 0.25) is 5.95 Å². The Bertz CT molecular complexity index is 1250. The van der Waals surface area contributed by atoms with Gasteiger partial charge in [-0.3, -0.25) is 24.3 Å². The fraction of sp³-hybridized carbons (Fsp3) is 0.158. The van der Waals surface area contributed by atoms with Gasteiger partial charge in [0.1, 0.15) is 11.4 Å². The van der Waals surface area contributed by atoms with Crippen LogP contribution in [0, 0.1) is 0 Å². The fourth-order valence-electron chi connectivity index (χ4n) is 2.70. The van der Waals surface area contributed by atoms with Crippen LogP contribution in [0.1, 0.15) is 6.92 Å². The minimum atomic E-state index is -1.09. The van der Waals surface area contributed by atoms with E-state index < -0.39 is 18.0 Å². The molecule has 4 aromatic rings. The number of hydrogen-bond donors (Lipinski definition) is 1. The lowest BCUT2D eigenvalue weighted by atomic mass is 10.2. The SMILES string of the molecule is CC(OC(=O)Cn1cnc2scc(-c3cccs3)c2c1=O)C(=O)Nc1ncccn1. The van der Waals surface area contributed by atoms with Crippen LogP contribution in [0.5, 0.6) is 0 Å². The molecule has 1 N–H and O–H groups in total. The normalized spacial score (nSPS) is 11.9. The molecule has 11 heteroatoms. The van der Waals surface area contributed by atoms with Crippen molar-refractivity contribution in [2.45, 2.75) is 19.6 Å². The van der Waals surface area contributed by atoms with Crippen molar-refractivity contribution in [2.24, 2.45) is 0 Å². The molecule has 0 radical (unpaired) electrons. The zero-order valence-electron chi connectivity index (χ0n) is 15.6. The Balaban J connectivity index is 1.48. The first-order chi connectivity index (χ1) is 14.5. The van der Waals surface area contributed by atoms with Gasteiger partial charge in [-0.15, -0.1) is 22.7 Å². The summed E-state index contributed by atoms with van der Waals surface area (Å²) in [5.74, 6) is -1.20. The van der Waals surface area contributed by atoms with Crippen LogP contribution in [-0.4, -0.2) is 37.5 Å². The summed E-state index contributed by atoms with van der Waals surface area (Å²) < 4.78 is 6.33. The number of nitrogens with zero attached hydrogens (tertiary/aromatic N) is 4. The van der Waals surface area contributed by atoms with Crippen LogP contribution in [0.4, 0.5) is 5.95 Å². The van der Waals surface area contributed by atoms with Crippen LogP contribution in [-0.2, 0) is 20.9 Å². The molecule has 152 valence electrons. The lowest BCUT2D eigenvalue weighted by Gasteiger charge is -2.13. The molecular weight excluding hydrogens is 426 g/mol. The summed E-state index contributed by atoms with van der Waals surface area (Å²) in [6, 6.07) is 5.44. The Morgan fingerprint density at radius 2 is 2.00 bits per heavy atom. The van der Waals surface area contributed by atoms with Gasteiger partial charge in [0.15, 0.2) is 6.10 Å². The van der Waals surface area contributed by atoms with E-state index in [0.717, 1.165) is 10.4 Å². The monoisotopic (exact) mass is 441 g/mol. The molecule has 1 amide bonds. The molecule has 0 saturated heterocycles. The van der Waals surface area contributed by atoms with E-state index in [1.807, 2.05) is 22.9 Å². The zero-order chi connectivity index (χ0) is 21.1. The van der Waals surface area contributed by atoms with E-state index in [4.69, 9.17) is 4.74 Å². The Labute approximate surface area is 178 Å². The van der Waals surface area contributed by atoms with Crippen LogP contribution in [0.25, 0.3) is 20.7 Å². The highest BCUT2D eigenvalue weighted by Crippen LogP contribution is 2.33. The van der Waals surface area contributed by atoms with Crippen molar-refractivity contribution in [1.29, 1.82) is 0 Å². The topological polar surface area (TPSA) is 116 Å². The van der Waals surface area contributed by atoms with E-state index in [9.17, 15) is 14.4 Å². The number of amides is 1. The molecule has 0 bridgehead atoms. The number of aromatic nitrogens is 4. The van der Waals surface area contributed by atoms with E-state index >= 15 is 0 Å². The summed E-state index contributed by atoms with van der Waals surface area (Å²) in [6.45, 7) is 1.06. The third-order valence-corrected chi connectivity index (χ3v) is 5.91. The maximum atomic E-state index is 12.9. The van der Waals surface area contributed by atoms with Gasteiger partial charge < -0.3 is 4.74 Å². The molecule has 0 saturated carbocycles. The van der Waals surface area contributed by atoms with Crippen LogP contribution >= 0.6 is 22.7 Å². The number of nitrogens with one attached hydrogen (secondary N) is 1. The van der Waals surface area contributed by atoms with Crippen LogP contribution in [0.2, 0.25) is 0 Å². The van der Waals surface area contributed by atoms with Crippen molar-refractivity contribution in [3.05, 3.63) is 58.0 Å². The predicted octanol–water partition coefficient (Wildman–Crippen LogP) is 2.55. The summed E-state index contributed by atoms with van der Waals surface area (Å²) in [5, 5.41) is 6.72. The number of rotatable bonds is 6. The number of esters is 1. The Morgan fingerprint density at radius 1 is 1.20 bits per heavy atom. The number of carbonyl (C=O) groups is 2. The van der Waals surface area contributed by atoms with Gasteiger partial charge in [-0.25, -0.2) is 15.0 Å². The molecule has 9 nitrogen and oxygen atoms in total. The molecule has 4 heterocycles. The molecule has 4 rings (SSSR count). The highest BCUT2D eigenvalue weighted by molar-refractivity contribution is 7.18. The fourth-order valence-corrected chi connectivity index (χ4v) is 4.42. The van der Waals surface area contributed by atoms with Gasteiger partial charge in [0.25, 0.3) is 11.5 Å². The second-order valence-corrected chi connectivity index (χ2v) is 7.98. The molecule has 0 fully saturated rings. The number of fused-ring (bicyclic) bond motifs is 1. The average molecular weight is 441 g/mol. The van der Waals surface area contributed by atoms with E-state index in [1.54, 1.807) is 6.07 Å². The molecule has 0 aliphatic rings. The van der Waals surface area contributed by atoms with Crippen molar-refractivity contribution in [1.82, 2.24) is 19.5 Å². The van der Waals surface area contributed by atoms with Crippen molar-refractivity contribution in [3.8, 4) is 10.4 Å². The first kappa shape index (κ1) is 19.9. The highest BCUT2D eigenvalue weighted by atomic mass is 32.1. The number of hydrogen-bond acceptors (Lipinski definition) is 9. The molecule has 0 aromatic carbocycles. The molecule has 0 spiro atoms. The molecular formula is C19H15N5O4S2. The highest BCUT2D eigenvalue weighted by Gasteiger charge is 2.20. The smallest absolute Gasteiger partial charge is 0.326 e. The van der Waals surface area contributed by atoms with Crippen LogP contribution in [0.3, 0.4) is 0 Å². The van der Waals surface area contributed by atoms with E-state index in [1.165, 1.54) is 52.9 Å². The van der Waals surface area contributed by atoms with Gasteiger partial charge >= 0.3 is 5.97 Å². The summed E-state index contributed by atoms with van der Waals surface area (Å²) in [6.07, 6.45) is 3.17. The lowest BCUT2D eigenvalue weighted by Crippen LogP contribution is -2.33. The van der Waals surface area contributed by atoms with Crippen molar-refractivity contribution >= 4 is 50.7 Å². The average Bonchev–Trinajstić information content (AvgIpc) is 3.40. The van der Waals surface area contributed by atoms with Crippen molar-refractivity contribution in [3.63, 3.8) is 0 Å². The number of anilines is 1. The first-order valence-electron chi connectivity index (χ1n) is 8.81. The van der Waals surface area contributed by atoms with Crippen LogP contribution in [0.15, 0.2) is 52.5 Å². The number of carbonyl (C=O) groups excluding carboxylic acids is 2. The quantitative estimate of drug-likeness (QED) is 0.457. The standard InChI is InChI=1S/C19H15N5O4S2/c1-11(16(26)23-19-20-5-3-6-21-19)28-14(25)8-24-10-22-17-15(18(24)27)12(9-30-17)13-4-2-7-29-13/h2-7,9-11H,8H2,1H3,(H,20,21,23,26). The molecule has 1 unspecified atom stereocenters.